The third-order valence-corrected chi connectivity index (χ3v) is 1.94. The number of hydrogen-bond acceptors (Lipinski definition) is 6. The first-order valence-electron chi connectivity index (χ1n) is 5.48. The molecule has 0 radical (unpaired) electrons. The van der Waals surface area contributed by atoms with E-state index in [2.05, 4.69) is 9.97 Å². The molecule has 0 aromatic carbocycles. The van der Waals surface area contributed by atoms with Gasteiger partial charge < -0.3 is 19.3 Å². The molecule has 0 aliphatic carbocycles. The Labute approximate surface area is 101 Å². The van der Waals surface area contributed by atoms with E-state index in [1.54, 1.807) is 7.11 Å². The third kappa shape index (κ3) is 6.15. The van der Waals surface area contributed by atoms with Crippen LogP contribution in [0.15, 0.2) is 12.4 Å². The molecule has 0 aliphatic rings. The Morgan fingerprint density at radius 2 is 2.06 bits per heavy atom. The molecule has 1 aromatic rings. The van der Waals surface area contributed by atoms with Crippen molar-refractivity contribution < 1.29 is 19.3 Å². The minimum Gasteiger partial charge on any atom is -0.474 e. The lowest BCUT2D eigenvalue weighted by atomic mass is 10.5. The highest BCUT2D eigenvalue weighted by Gasteiger charge is 1.98. The quantitative estimate of drug-likeness (QED) is 0.632. The summed E-state index contributed by atoms with van der Waals surface area (Å²) in [6, 6.07) is 0. The van der Waals surface area contributed by atoms with E-state index < -0.39 is 0 Å². The van der Waals surface area contributed by atoms with Crippen LogP contribution in [0, 0.1) is 0 Å². The second-order valence-corrected chi connectivity index (χ2v) is 3.31. The Morgan fingerprint density at radius 3 is 2.82 bits per heavy atom. The minimum atomic E-state index is -0.141. The van der Waals surface area contributed by atoms with Crippen LogP contribution >= 0.6 is 0 Å². The number of aromatic nitrogens is 2. The van der Waals surface area contributed by atoms with Gasteiger partial charge in [-0.15, -0.1) is 0 Å². The lowest BCUT2D eigenvalue weighted by Gasteiger charge is -2.06. The predicted octanol–water partition coefficient (Wildman–Crippen LogP) is 0.401. The number of methoxy groups -OCH3 is 1. The molecule has 0 unspecified atom stereocenters. The summed E-state index contributed by atoms with van der Waals surface area (Å²) in [7, 11) is 1.66. The van der Waals surface area contributed by atoms with Gasteiger partial charge in [0, 0.05) is 20.3 Å². The van der Waals surface area contributed by atoms with E-state index in [0.717, 1.165) is 6.42 Å². The molecule has 1 aromatic heterocycles. The third-order valence-electron chi connectivity index (χ3n) is 1.94. The van der Waals surface area contributed by atoms with Gasteiger partial charge in [0.25, 0.3) is 0 Å². The van der Waals surface area contributed by atoms with Gasteiger partial charge in [-0.1, -0.05) is 0 Å². The molecule has 6 nitrogen and oxygen atoms in total. The molecule has 0 spiro atoms. The van der Waals surface area contributed by atoms with Crippen molar-refractivity contribution in [2.45, 2.75) is 13.0 Å². The highest BCUT2D eigenvalue weighted by atomic mass is 16.5. The molecule has 6 heteroatoms. The molecule has 17 heavy (non-hydrogen) atoms. The summed E-state index contributed by atoms with van der Waals surface area (Å²) in [6.07, 6.45) is 3.87. The second kappa shape index (κ2) is 8.86. The fraction of sp³-hybridized carbons (Fsp3) is 0.636. The smallest absolute Gasteiger partial charge is 0.232 e. The number of aliphatic hydroxyl groups is 1. The Morgan fingerprint density at radius 1 is 1.18 bits per heavy atom. The maximum absolute atomic E-state index is 8.86. The SMILES string of the molecule is COCCCOCCOc1cncc(CO)n1. The van der Waals surface area contributed by atoms with Crippen molar-refractivity contribution in [2.75, 3.05) is 33.5 Å². The molecule has 0 atom stereocenters. The van der Waals surface area contributed by atoms with E-state index in [1.165, 1.54) is 12.4 Å². The highest BCUT2D eigenvalue weighted by molar-refractivity contribution is 5.07. The first-order chi connectivity index (χ1) is 8.36. The van der Waals surface area contributed by atoms with Crippen LogP contribution in [0.1, 0.15) is 12.1 Å². The number of rotatable bonds is 9. The topological polar surface area (TPSA) is 73.7 Å². The summed E-state index contributed by atoms with van der Waals surface area (Å²) in [5.74, 6) is 0.400. The maximum atomic E-state index is 8.86. The van der Waals surface area contributed by atoms with E-state index in [0.29, 0.717) is 38.0 Å². The fourth-order valence-electron chi connectivity index (χ4n) is 1.14. The van der Waals surface area contributed by atoms with Gasteiger partial charge in [0.2, 0.25) is 5.88 Å². The van der Waals surface area contributed by atoms with E-state index in [-0.39, 0.29) is 6.61 Å². The van der Waals surface area contributed by atoms with Gasteiger partial charge in [0.05, 0.1) is 31.3 Å². The lowest BCUT2D eigenvalue weighted by Crippen LogP contribution is -2.09. The number of hydrogen-bond donors (Lipinski definition) is 1. The second-order valence-electron chi connectivity index (χ2n) is 3.31. The van der Waals surface area contributed by atoms with Crippen LogP contribution < -0.4 is 4.74 Å². The van der Waals surface area contributed by atoms with Crippen molar-refractivity contribution in [3.8, 4) is 5.88 Å². The molecular formula is C11H18N2O4. The van der Waals surface area contributed by atoms with Gasteiger partial charge in [-0.05, 0) is 6.42 Å². The number of nitrogens with zero attached hydrogens (tertiary/aromatic N) is 2. The molecular weight excluding hydrogens is 224 g/mol. The largest absolute Gasteiger partial charge is 0.474 e. The van der Waals surface area contributed by atoms with Gasteiger partial charge in [-0.25, -0.2) is 4.98 Å². The van der Waals surface area contributed by atoms with E-state index >= 15 is 0 Å². The average Bonchev–Trinajstić information content (AvgIpc) is 2.38. The molecule has 1 rings (SSSR count). The van der Waals surface area contributed by atoms with Gasteiger partial charge in [-0.3, -0.25) is 4.98 Å². The van der Waals surface area contributed by atoms with Crippen molar-refractivity contribution in [1.82, 2.24) is 9.97 Å². The zero-order chi connectivity index (χ0) is 12.3. The van der Waals surface area contributed by atoms with Gasteiger partial charge in [-0.2, -0.15) is 0 Å². The fourth-order valence-corrected chi connectivity index (χ4v) is 1.14. The standard InChI is InChI=1S/C11H18N2O4/c1-15-3-2-4-16-5-6-17-11-8-12-7-10(9-14)13-11/h7-8,14H,2-6,9H2,1H3. The maximum Gasteiger partial charge on any atom is 0.232 e. The van der Waals surface area contributed by atoms with Crippen molar-refractivity contribution >= 4 is 0 Å². The predicted molar refractivity (Wildman–Crippen MR) is 60.8 cm³/mol. The monoisotopic (exact) mass is 242 g/mol. The average molecular weight is 242 g/mol. The first-order valence-corrected chi connectivity index (χ1v) is 5.48. The summed E-state index contributed by atoms with van der Waals surface area (Å²) in [6.45, 7) is 2.12. The summed E-state index contributed by atoms with van der Waals surface area (Å²) < 4.78 is 15.5. The normalized spacial score (nSPS) is 10.5. The molecule has 96 valence electrons. The Bertz CT molecular complexity index is 309. The van der Waals surface area contributed by atoms with Crippen molar-refractivity contribution in [1.29, 1.82) is 0 Å². The van der Waals surface area contributed by atoms with E-state index in [1.807, 2.05) is 0 Å². The van der Waals surface area contributed by atoms with Crippen LogP contribution in [-0.2, 0) is 16.1 Å². The zero-order valence-electron chi connectivity index (χ0n) is 9.96. The van der Waals surface area contributed by atoms with Crippen LogP contribution in [0.25, 0.3) is 0 Å². The number of aliphatic hydroxyl groups excluding tert-OH is 1. The molecule has 0 saturated heterocycles. The van der Waals surface area contributed by atoms with Crippen LogP contribution in [0.3, 0.4) is 0 Å². The van der Waals surface area contributed by atoms with Gasteiger partial charge in [0.1, 0.15) is 6.61 Å². The Hall–Kier alpha value is -1.24. The minimum absolute atomic E-state index is 0.141. The summed E-state index contributed by atoms with van der Waals surface area (Å²) in [5, 5.41) is 8.86. The van der Waals surface area contributed by atoms with E-state index in [4.69, 9.17) is 19.3 Å². The van der Waals surface area contributed by atoms with Gasteiger partial charge >= 0.3 is 0 Å². The van der Waals surface area contributed by atoms with Crippen LogP contribution in [0.2, 0.25) is 0 Å². The molecule has 1 N–H and O–H groups in total. The molecule has 0 bridgehead atoms. The van der Waals surface area contributed by atoms with Gasteiger partial charge in [0.15, 0.2) is 0 Å². The Kier molecular flexibility index (Phi) is 7.20. The van der Waals surface area contributed by atoms with Crippen molar-refractivity contribution in [3.05, 3.63) is 18.1 Å². The Balaban J connectivity index is 2.09. The van der Waals surface area contributed by atoms with Crippen LogP contribution in [-0.4, -0.2) is 48.6 Å². The highest BCUT2D eigenvalue weighted by Crippen LogP contribution is 2.04. The lowest BCUT2D eigenvalue weighted by molar-refractivity contribution is 0.0793. The van der Waals surface area contributed by atoms with Crippen LogP contribution in [0.5, 0.6) is 5.88 Å². The zero-order valence-corrected chi connectivity index (χ0v) is 9.96. The van der Waals surface area contributed by atoms with E-state index in [9.17, 15) is 0 Å². The summed E-state index contributed by atoms with van der Waals surface area (Å²) >= 11 is 0. The summed E-state index contributed by atoms with van der Waals surface area (Å²) in [4.78, 5) is 7.92. The van der Waals surface area contributed by atoms with Crippen LogP contribution in [0.4, 0.5) is 0 Å². The molecule has 1 heterocycles. The summed E-state index contributed by atoms with van der Waals surface area (Å²) in [5.41, 5.74) is 0.489. The first kappa shape index (κ1) is 13.8. The van der Waals surface area contributed by atoms with Crippen molar-refractivity contribution in [3.63, 3.8) is 0 Å². The van der Waals surface area contributed by atoms with Crippen molar-refractivity contribution in [2.24, 2.45) is 0 Å². The molecule has 0 aliphatic heterocycles. The molecule has 0 amide bonds. The molecule has 0 saturated carbocycles. The number of ether oxygens (including phenoxy) is 3. The molecule has 0 fully saturated rings.